The summed E-state index contributed by atoms with van der Waals surface area (Å²) >= 11 is 0. The van der Waals surface area contributed by atoms with Crippen LogP contribution >= 0.6 is 0 Å². The van der Waals surface area contributed by atoms with Crippen LogP contribution in [0.5, 0.6) is 11.6 Å². The summed E-state index contributed by atoms with van der Waals surface area (Å²) in [5, 5.41) is 15.6. The molecular weight excluding hydrogens is 508 g/mol. The lowest BCUT2D eigenvalue weighted by atomic mass is 10.2. The van der Waals surface area contributed by atoms with Crippen LogP contribution < -0.4 is 14.8 Å². The van der Waals surface area contributed by atoms with Gasteiger partial charge in [-0.2, -0.15) is 8.82 Å². The number of rotatable bonds is 9. The van der Waals surface area contributed by atoms with Crippen molar-refractivity contribution in [1.82, 2.24) is 29.4 Å². The summed E-state index contributed by atoms with van der Waals surface area (Å²) < 4.78 is 39.7. The molecule has 0 spiro atoms. The van der Waals surface area contributed by atoms with Gasteiger partial charge in [0.25, 0.3) is 5.91 Å². The van der Waals surface area contributed by atoms with E-state index in [1.165, 1.54) is 28.6 Å². The molecule has 0 unspecified atom stereocenters. The van der Waals surface area contributed by atoms with Crippen molar-refractivity contribution in [1.29, 1.82) is 0 Å². The van der Waals surface area contributed by atoms with Gasteiger partial charge >= 0.3 is 0 Å². The number of aromatic nitrogens is 4. The SMILES string of the molecule is COc1cccc(-c2nnc3ccc(OCCNC(=O)c4ccc(S(=O)(=O)N5CCCCC5)cc4)nn23)c1. The molecule has 0 atom stereocenters. The average molecular weight is 537 g/mol. The van der Waals surface area contributed by atoms with E-state index in [-0.39, 0.29) is 24.0 Å². The number of nitrogens with one attached hydrogen (secondary N) is 1. The lowest BCUT2D eigenvalue weighted by Crippen LogP contribution is -2.35. The molecule has 4 aromatic rings. The van der Waals surface area contributed by atoms with Crippen LogP contribution in [0, 0.1) is 0 Å². The summed E-state index contributed by atoms with van der Waals surface area (Å²) in [6.45, 7) is 1.48. The maximum absolute atomic E-state index is 12.8. The van der Waals surface area contributed by atoms with Crippen molar-refractivity contribution in [3.05, 3.63) is 66.2 Å². The van der Waals surface area contributed by atoms with E-state index in [1.54, 1.807) is 23.8 Å². The summed E-state index contributed by atoms with van der Waals surface area (Å²) in [6.07, 6.45) is 2.78. The third-order valence-corrected chi connectivity index (χ3v) is 8.19. The Morgan fingerprint density at radius 3 is 2.55 bits per heavy atom. The van der Waals surface area contributed by atoms with E-state index in [1.807, 2.05) is 24.3 Å². The molecule has 0 aliphatic carbocycles. The van der Waals surface area contributed by atoms with Gasteiger partial charge in [-0.25, -0.2) is 8.42 Å². The van der Waals surface area contributed by atoms with Crippen LogP contribution in [-0.2, 0) is 10.0 Å². The van der Waals surface area contributed by atoms with Crippen molar-refractivity contribution in [2.75, 3.05) is 33.4 Å². The molecule has 3 heterocycles. The molecular formula is C26H28N6O5S. The first-order chi connectivity index (χ1) is 18.5. The van der Waals surface area contributed by atoms with Crippen LogP contribution in [0.4, 0.5) is 0 Å². The highest BCUT2D eigenvalue weighted by Gasteiger charge is 2.26. The molecule has 1 N–H and O–H groups in total. The van der Waals surface area contributed by atoms with Crippen LogP contribution in [0.2, 0.25) is 0 Å². The van der Waals surface area contributed by atoms with Crippen molar-refractivity contribution in [2.45, 2.75) is 24.2 Å². The first kappa shape index (κ1) is 25.6. The second-order valence-corrected chi connectivity index (χ2v) is 10.7. The number of methoxy groups -OCH3 is 1. The van der Waals surface area contributed by atoms with Crippen molar-refractivity contribution in [3.63, 3.8) is 0 Å². The number of piperidine rings is 1. The molecule has 0 radical (unpaired) electrons. The van der Waals surface area contributed by atoms with E-state index < -0.39 is 10.0 Å². The predicted octanol–water partition coefficient (Wildman–Crippen LogP) is 2.78. The van der Waals surface area contributed by atoms with Crippen LogP contribution in [0.1, 0.15) is 29.6 Å². The molecule has 2 aromatic heterocycles. The van der Waals surface area contributed by atoms with Crippen LogP contribution in [-0.4, -0.2) is 71.8 Å². The minimum Gasteiger partial charge on any atom is -0.497 e. The topological polar surface area (TPSA) is 128 Å². The van der Waals surface area contributed by atoms with Gasteiger partial charge < -0.3 is 14.8 Å². The highest BCUT2D eigenvalue weighted by molar-refractivity contribution is 7.89. The summed E-state index contributed by atoms with van der Waals surface area (Å²) in [5.74, 6) is 1.27. The Kier molecular flexibility index (Phi) is 7.52. The molecule has 11 nitrogen and oxygen atoms in total. The lowest BCUT2D eigenvalue weighted by Gasteiger charge is -2.25. The Hall–Kier alpha value is -4.03. The third kappa shape index (κ3) is 5.46. The van der Waals surface area contributed by atoms with E-state index in [0.29, 0.717) is 41.8 Å². The van der Waals surface area contributed by atoms with Crippen molar-refractivity contribution in [2.24, 2.45) is 0 Å². The molecule has 1 saturated heterocycles. The van der Waals surface area contributed by atoms with Crippen molar-refractivity contribution < 1.29 is 22.7 Å². The molecule has 12 heteroatoms. The summed E-state index contributed by atoms with van der Waals surface area (Å²) in [7, 11) is -1.94. The molecule has 0 bridgehead atoms. The fourth-order valence-electron chi connectivity index (χ4n) is 4.25. The molecule has 2 aromatic carbocycles. The van der Waals surface area contributed by atoms with Gasteiger partial charge in [0.05, 0.1) is 18.6 Å². The Bertz CT molecular complexity index is 1530. The molecule has 1 aliphatic heterocycles. The number of sulfonamides is 1. The number of nitrogens with zero attached hydrogens (tertiary/aromatic N) is 5. The van der Waals surface area contributed by atoms with E-state index >= 15 is 0 Å². The number of ether oxygens (including phenoxy) is 2. The zero-order valence-electron chi connectivity index (χ0n) is 20.9. The maximum atomic E-state index is 12.8. The van der Waals surface area contributed by atoms with E-state index in [2.05, 4.69) is 20.6 Å². The number of benzene rings is 2. The maximum Gasteiger partial charge on any atom is 0.251 e. The Morgan fingerprint density at radius 2 is 1.79 bits per heavy atom. The van der Waals surface area contributed by atoms with Gasteiger partial charge in [-0.05, 0) is 55.3 Å². The molecule has 5 rings (SSSR count). The number of hydrogen-bond donors (Lipinski definition) is 1. The van der Waals surface area contributed by atoms with E-state index in [4.69, 9.17) is 9.47 Å². The second-order valence-electron chi connectivity index (χ2n) is 8.79. The van der Waals surface area contributed by atoms with Crippen LogP contribution in [0.25, 0.3) is 17.0 Å². The molecule has 1 fully saturated rings. The fraction of sp³-hybridized carbons (Fsp3) is 0.308. The summed E-state index contributed by atoms with van der Waals surface area (Å²) in [6, 6.07) is 16.9. The van der Waals surface area contributed by atoms with Gasteiger partial charge in [0.2, 0.25) is 15.9 Å². The first-order valence-corrected chi connectivity index (χ1v) is 13.8. The zero-order valence-corrected chi connectivity index (χ0v) is 21.7. The normalized spacial score (nSPS) is 14.3. The highest BCUT2D eigenvalue weighted by atomic mass is 32.2. The minimum atomic E-state index is -3.53. The van der Waals surface area contributed by atoms with E-state index in [9.17, 15) is 13.2 Å². The van der Waals surface area contributed by atoms with Crippen molar-refractivity contribution >= 4 is 21.6 Å². The second kappa shape index (κ2) is 11.2. The number of fused-ring (bicyclic) bond motifs is 1. The van der Waals surface area contributed by atoms with Gasteiger partial charge in [-0.15, -0.1) is 15.3 Å². The Balaban J connectivity index is 1.17. The predicted molar refractivity (Wildman–Crippen MR) is 140 cm³/mol. The smallest absolute Gasteiger partial charge is 0.251 e. The van der Waals surface area contributed by atoms with Gasteiger partial charge in [-0.1, -0.05) is 18.6 Å². The first-order valence-electron chi connectivity index (χ1n) is 12.3. The minimum absolute atomic E-state index is 0.183. The van der Waals surface area contributed by atoms with Gasteiger partial charge in [-0.3, -0.25) is 4.79 Å². The van der Waals surface area contributed by atoms with E-state index in [0.717, 1.165) is 24.8 Å². The standard InChI is InChI=1S/C26H28N6O5S/c1-36-21-7-5-6-20(18-21)25-29-28-23-12-13-24(30-32(23)25)37-17-14-27-26(33)19-8-10-22(11-9-19)38(34,35)31-15-3-2-4-16-31/h5-13,18H,2-4,14-17H2,1H3,(H,27,33). The van der Waals surface area contributed by atoms with Gasteiger partial charge in [0.15, 0.2) is 11.5 Å². The quantitative estimate of drug-likeness (QED) is 0.324. The molecule has 0 saturated carbocycles. The Labute approximate surface area is 220 Å². The highest BCUT2D eigenvalue weighted by Crippen LogP contribution is 2.23. The van der Waals surface area contributed by atoms with Gasteiger partial charge in [0, 0.05) is 30.3 Å². The van der Waals surface area contributed by atoms with Crippen LogP contribution in [0.3, 0.4) is 0 Å². The third-order valence-electron chi connectivity index (χ3n) is 6.27. The van der Waals surface area contributed by atoms with Crippen LogP contribution in [0.15, 0.2) is 65.6 Å². The molecule has 1 aliphatic rings. The average Bonchev–Trinajstić information content (AvgIpc) is 3.39. The van der Waals surface area contributed by atoms with Gasteiger partial charge in [0.1, 0.15) is 12.4 Å². The Morgan fingerprint density at radius 1 is 1.00 bits per heavy atom. The molecule has 198 valence electrons. The number of amides is 1. The largest absolute Gasteiger partial charge is 0.497 e. The van der Waals surface area contributed by atoms with Crippen molar-refractivity contribution in [3.8, 4) is 23.0 Å². The zero-order chi connectivity index (χ0) is 26.5. The number of hydrogen-bond acceptors (Lipinski definition) is 8. The number of carbonyl (C=O) groups excluding carboxylic acids is 1. The summed E-state index contributed by atoms with van der Waals surface area (Å²) in [5.41, 5.74) is 1.73. The molecule has 1 amide bonds. The number of carbonyl (C=O) groups is 1. The summed E-state index contributed by atoms with van der Waals surface area (Å²) in [4.78, 5) is 12.7. The molecule has 38 heavy (non-hydrogen) atoms. The fourth-order valence-corrected chi connectivity index (χ4v) is 5.76. The monoisotopic (exact) mass is 536 g/mol. The lowest BCUT2D eigenvalue weighted by molar-refractivity contribution is 0.0946.